The Labute approximate surface area is 290 Å². The van der Waals surface area contributed by atoms with Crippen LogP contribution in [0.15, 0.2) is 12.1 Å². The summed E-state index contributed by atoms with van der Waals surface area (Å²) < 4.78 is 5.91. The molecule has 0 saturated carbocycles. The topological polar surface area (TPSA) is 83.8 Å². The number of esters is 1. The van der Waals surface area contributed by atoms with E-state index in [2.05, 4.69) is 55.4 Å². The van der Waals surface area contributed by atoms with Crippen molar-refractivity contribution in [1.29, 1.82) is 0 Å². The van der Waals surface area contributed by atoms with Crippen molar-refractivity contribution in [3.05, 3.63) is 28.8 Å². The molecule has 0 atom stereocenters. The highest BCUT2D eigenvalue weighted by Gasteiger charge is 2.46. The summed E-state index contributed by atoms with van der Waals surface area (Å²) in [6.45, 7) is 16.8. The van der Waals surface area contributed by atoms with Gasteiger partial charge in [0.2, 0.25) is 0 Å². The van der Waals surface area contributed by atoms with Gasteiger partial charge in [0.1, 0.15) is 12.4 Å². The Bertz CT molecular complexity index is 954. The molecule has 0 bridgehead atoms. The predicted molar refractivity (Wildman–Crippen MR) is 198 cm³/mol. The molecule has 1 aromatic rings. The lowest BCUT2D eigenvalue weighted by Gasteiger charge is -2.29. The number of rotatable bonds is 26. The zero-order valence-electron chi connectivity index (χ0n) is 32.0. The van der Waals surface area contributed by atoms with E-state index < -0.39 is 17.4 Å². The molecule has 0 radical (unpaired) electrons. The zero-order chi connectivity index (χ0) is 35.3. The van der Waals surface area contributed by atoms with E-state index in [0.717, 1.165) is 55.2 Å². The van der Waals surface area contributed by atoms with E-state index in [-0.39, 0.29) is 23.2 Å². The van der Waals surface area contributed by atoms with Crippen LogP contribution in [0, 0.1) is 5.41 Å². The fraction of sp³-hybridized carbons (Fsp3) is 0.810. The molecule has 0 aliphatic heterocycles. The molecule has 0 fully saturated rings. The summed E-state index contributed by atoms with van der Waals surface area (Å²) in [5.41, 5.74) is 0.257. The van der Waals surface area contributed by atoms with Crippen molar-refractivity contribution in [3.8, 4) is 5.75 Å². The number of hydrogen-bond donors (Lipinski definition) is 2. The molecule has 0 aliphatic rings. The third kappa shape index (κ3) is 16.3. The van der Waals surface area contributed by atoms with Gasteiger partial charge < -0.3 is 14.9 Å². The van der Waals surface area contributed by atoms with E-state index >= 15 is 0 Å². The number of aliphatic carboxylic acids is 1. The maximum atomic E-state index is 13.8. The van der Waals surface area contributed by atoms with Crippen molar-refractivity contribution in [2.24, 2.45) is 5.41 Å². The molecule has 0 aromatic heterocycles. The van der Waals surface area contributed by atoms with Crippen molar-refractivity contribution in [2.75, 3.05) is 0 Å². The SMILES string of the molecule is CCCCCCCCCCCCC(CCCCCCCCCCCC)(C(=O)O)C(=O)OCc1cc(C(C)(C)C)c(O)c(C(C)(C)C)c1. The van der Waals surface area contributed by atoms with Crippen LogP contribution in [0.2, 0.25) is 0 Å². The second-order valence-corrected chi connectivity index (χ2v) is 16.4. The summed E-state index contributed by atoms with van der Waals surface area (Å²) in [5.74, 6) is -1.38. The van der Waals surface area contributed by atoms with E-state index in [0.29, 0.717) is 12.8 Å². The lowest BCUT2D eigenvalue weighted by atomic mass is 9.77. The van der Waals surface area contributed by atoms with Gasteiger partial charge in [0.05, 0.1) is 0 Å². The summed E-state index contributed by atoms with van der Waals surface area (Å²) in [6.07, 6.45) is 23.9. The minimum atomic E-state index is -1.52. The van der Waals surface area contributed by atoms with Gasteiger partial charge in [-0.25, -0.2) is 0 Å². The Hall–Kier alpha value is -2.04. The lowest BCUT2D eigenvalue weighted by Crippen LogP contribution is -2.41. The van der Waals surface area contributed by atoms with Gasteiger partial charge in [0.25, 0.3) is 0 Å². The number of aromatic hydroxyl groups is 1. The first kappa shape index (κ1) is 43.0. The van der Waals surface area contributed by atoms with E-state index in [1.54, 1.807) is 0 Å². The Balaban J connectivity index is 2.96. The highest BCUT2D eigenvalue weighted by atomic mass is 16.5. The van der Waals surface area contributed by atoms with Crippen LogP contribution in [0.5, 0.6) is 5.75 Å². The molecule has 5 heteroatoms. The summed E-state index contributed by atoms with van der Waals surface area (Å²) >= 11 is 0. The minimum absolute atomic E-state index is 0.00361. The lowest BCUT2D eigenvalue weighted by molar-refractivity contribution is -0.171. The maximum Gasteiger partial charge on any atom is 0.323 e. The molecular formula is C42H74O5. The van der Waals surface area contributed by atoms with Gasteiger partial charge >= 0.3 is 11.9 Å². The van der Waals surface area contributed by atoms with Gasteiger partial charge in [0, 0.05) is 0 Å². The average molecular weight is 659 g/mol. The highest BCUT2D eigenvalue weighted by Crippen LogP contribution is 2.40. The number of phenolic OH excluding ortho intramolecular Hbond substituents is 1. The minimum Gasteiger partial charge on any atom is -0.507 e. The molecule has 0 spiro atoms. The number of carboxylic acids is 1. The number of ether oxygens (including phenoxy) is 1. The van der Waals surface area contributed by atoms with Crippen LogP contribution in [0.1, 0.15) is 213 Å². The fourth-order valence-corrected chi connectivity index (χ4v) is 6.67. The van der Waals surface area contributed by atoms with E-state index in [9.17, 15) is 19.8 Å². The first-order valence-electron chi connectivity index (χ1n) is 19.5. The molecule has 0 saturated heterocycles. The van der Waals surface area contributed by atoms with Crippen molar-refractivity contribution in [2.45, 2.75) is 214 Å². The summed E-state index contributed by atoms with van der Waals surface area (Å²) in [4.78, 5) is 26.8. The molecule has 0 amide bonds. The maximum absolute atomic E-state index is 13.8. The number of unbranched alkanes of at least 4 members (excludes halogenated alkanes) is 18. The van der Waals surface area contributed by atoms with Crippen LogP contribution in [0.4, 0.5) is 0 Å². The van der Waals surface area contributed by atoms with Gasteiger partial charge in [-0.2, -0.15) is 0 Å². The molecule has 272 valence electrons. The van der Waals surface area contributed by atoms with E-state index in [4.69, 9.17) is 4.74 Å². The number of carboxylic acid groups (broad SMARTS) is 1. The Morgan fingerprint density at radius 1 is 0.574 bits per heavy atom. The van der Waals surface area contributed by atoms with Gasteiger partial charge in [-0.3, -0.25) is 9.59 Å². The van der Waals surface area contributed by atoms with Gasteiger partial charge in [-0.05, 0) is 52.5 Å². The number of carbonyl (C=O) groups is 2. The van der Waals surface area contributed by atoms with Crippen LogP contribution in [0.25, 0.3) is 0 Å². The van der Waals surface area contributed by atoms with Crippen LogP contribution in [0.3, 0.4) is 0 Å². The molecule has 0 unspecified atom stereocenters. The normalized spacial score (nSPS) is 12.4. The van der Waals surface area contributed by atoms with Gasteiger partial charge in [0.15, 0.2) is 5.41 Å². The highest BCUT2D eigenvalue weighted by molar-refractivity contribution is 5.99. The zero-order valence-corrected chi connectivity index (χ0v) is 32.0. The summed E-state index contributed by atoms with van der Waals surface area (Å²) in [7, 11) is 0. The Morgan fingerprint density at radius 2 is 0.894 bits per heavy atom. The third-order valence-electron chi connectivity index (χ3n) is 9.87. The second kappa shape index (κ2) is 22.6. The quantitative estimate of drug-likeness (QED) is 0.0588. The fourth-order valence-electron chi connectivity index (χ4n) is 6.67. The molecule has 2 N–H and O–H groups in total. The van der Waals surface area contributed by atoms with Crippen molar-refractivity contribution in [3.63, 3.8) is 0 Å². The van der Waals surface area contributed by atoms with Crippen LogP contribution in [-0.2, 0) is 31.8 Å². The summed E-state index contributed by atoms with van der Waals surface area (Å²) in [6, 6.07) is 3.82. The van der Waals surface area contributed by atoms with E-state index in [1.807, 2.05) is 12.1 Å². The van der Waals surface area contributed by atoms with Gasteiger partial charge in [-0.1, -0.05) is 184 Å². The Morgan fingerprint density at radius 3 is 1.19 bits per heavy atom. The standard InChI is InChI=1S/C42H74O5/c1-9-11-13-15-17-19-21-23-25-27-29-42(38(44)45,30-28-26-24-22-20-18-16-14-12-10-2)39(46)47-33-34-31-35(40(3,4)5)37(43)36(32-34)41(6,7)8/h31-32,43H,9-30,33H2,1-8H3,(H,44,45). The monoisotopic (exact) mass is 659 g/mol. The number of benzene rings is 1. The van der Waals surface area contributed by atoms with E-state index in [1.165, 1.54) is 89.9 Å². The molecule has 0 aliphatic carbocycles. The molecule has 47 heavy (non-hydrogen) atoms. The third-order valence-corrected chi connectivity index (χ3v) is 9.87. The van der Waals surface area contributed by atoms with Crippen LogP contribution in [-0.4, -0.2) is 22.2 Å². The molecular weight excluding hydrogens is 584 g/mol. The molecule has 0 heterocycles. The van der Waals surface area contributed by atoms with Crippen LogP contribution < -0.4 is 0 Å². The number of phenols is 1. The molecule has 1 rings (SSSR count). The van der Waals surface area contributed by atoms with Crippen molar-refractivity contribution in [1.82, 2.24) is 0 Å². The van der Waals surface area contributed by atoms with Crippen molar-refractivity contribution < 1.29 is 24.5 Å². The van der Waals surface area contributed by atoms with Crippen molar-refractivity contribution >= 4 is 11.9 Å². The smallest absolute Gasteiger partial charge is 0.323 e. The molecule has 1 aromatic carbocycles. The largest absolute Gasteiger partial charge is 0.507 e. The Kier molecular flexibility index (Phi) is 20.6. The first-order chi connectivity index (χ1) is 22.2. The predicted octanol–water partition coefficient (Wildman–Crippen LogP) is 12.7. The number of hydrogen-bond acceptors (Lipinski definition) is 4. The van der Waals surface area contributed by atoms with Crippen LogP contribution >= 0.6 is 0 Å². The number of carbonyl (C=O) groups excluding carboxylic acids is 1. The second-order valence-electron chi connectivity index (χ2n) is 16.4. The van der Waals surface area contributed by atoms with Gasteiger partial charge in [-0.15, -0.1) is 0 Å². The molecule has 5 nitrogen and oxygen atoms in total. The average Bonchev–Trinajstić information content (AvgIpc) is 2.99. The summed E-state index contributed by atoms with van der Waals surface area (Å²) in [5, 5.41) is 21.7. The first-order valence-corrected chi connectivity index (χ1v) is 19.5.